The van der Waals surface area contributed by atoms with E-state index in [1.165, 1.54) is 25.7 Å². The third-order valence-electron chi connectivity index (χ3n) is 4.19. The van der Waals surface area contributed by atoms with Crippen LogP contribution in [0.1, 0.15) is 32.6 Å². The summed E-state index contributed by atoms with van der Waals surface area (Å²) in [5.74, 6) is 0. The van der Waals surface area contributed by atoms with Crippen molar-refractivity contribution in [3.63, 3.8) is 0 Å². The SMILES string of the molecule is CCC1(CNc2nc3cc(N)ccc3o2)CCC1. The van der Waals surface area contributed by atoms with E-state index in [0.29, 0.717) is 17.1 Å². The number of oxazole rings is 1. The second kappa shape index (κ2) is 4.19. The Kier molecular flexibility index (Phi) is 2.65. The van der Waals surface area contributed by atoms with Gasteiger partial charge in [0, 0.05) is 12.2 Å². The molecule has 3 N–H and O–H groups in total. The Morgan fingerprint density at radius 3 is 2.94 bits per heavy atom. The van der Waals surface area contributed by atoms with Crippen molar-refractivity contribution in [2.75, 3.05) is 17.6 Å². The fourth-order valence-electron chi connectivity index (χ4n) is 2.62. The Bertz CT molecular complexity index is 552. The van der Waals surface area contributed by atoms with Gasteiger partial charge in [-0.05, 0) is 42.9 Å². The molecule has 1 fully saturated rings. The number of nitrogens with one attached hydrogen (secondary N) is 1. The number of nitrogen functional groups attached to an aromatic ring is 1. The zero-order chi connectivity index (χ0) is 12.6. The minimum absolute atomic E-state index is 0.458. The van der Waals surface area contributed by atoms with Crippen LogP contribution in [0.3, 0.4) is 0 Å². The number of aromatic nitrogens is 1. The molecule has 1 aromatic heterocycles. The van der Waals surface area contributed by atoms with Crippen molar-refractivity contribution in [1.82, 2.24) is 4.98 Å². The largest absolute Gasteiger partial charge is 0.424 e. The highest BCUT2D eigenvalue weighted by molar-refractivity contribution is 5.78. The molecular formula is C14H19N3O. The molecule has 0 unspecified atom stereocenters. The van der Waals surface area contributed by atoms with E-state index in [4.69, 9.17) is 10.2 Å². The average Bonchev–Trinajstić information content (AvgIpc) is 2.70. The zero-order valence-electron chi connectivity index (χ0n) is 10.7. The number of hydrogen-bond acceptors (Lipinski definition) is 4. The van der Waals surface area contributed by atoms with Crippen LogP contribution in [-0.4, -0.2) is 11.5 Å². The molecule has 2 aromatic rings. The summed E-state index contributed by atoms with van der Waals surface area (Å²) in [5.41, 5.74) is 8.50. The monoisotopic (exact) mass is 245 g/mol. The molecule has 1 aliphatic rings. The van der Waals surface area contributed by atoms with Gasteiger partial charge < -0.3 is 15.5 Å². The van der Waals surface area contributed by atoms with Gasteiger partial charge in [-0.1, -0.05) is 13.3 Å². The molecule has 4 nitrogen and oxygen atoms in total. The Morgan fingerprint density at radius 1 is 1.44 bits per heavy atom. The maximum atomic E-state index is 5.73. The molecule has 3 rings (SSSR count). The summed E-state index contributed by atoms with van der Waals surface area (Å²) in [6, 6.07) is 6.14. The summed E-state index contributed by atoms with van der Waals surface area (Å²) in [5, 5.41) is 3.33. The number of anilines is 2. The molecule has 0 bridgehead atoms. The lowest BCUT2D eigenvalue weighted by Gasteiger charge is -2.41. The normalized spacial score (nSPS) is 17.6. The third kappa shape index (κ3) is 1.92. The van der Waals surface area contributed by atoms with Gasteiger partial charge in [0.15, 0.2) is 5.58 Å². The Labute approximate surface area is 107 Å². The van der Waals surface area contributed by atoms with Gasteiger partial charge >= 0.3 is 0 Å². The van der Waals surface area contributed by atoms with E-state index in [1.807, 2.05) is 18.2 Å². The van der Waals surface area contributed by atoms with Gasteiger partial charge in [0.2, 0.25) is 0 Å². The fourth-order valence-corrected chi connectivity index (χ4v) is 2.62. The van der Waals surface area contributed by atoms with Crippen LogP contribution < -0.4 is 11.1 Å². The topological polar surface area (TPSA) is 64.1 Å². The molecule has 0 aliphatic heterocycles. The molecule has 0 radical (unpaired) electrons. The van der Waals surface area contributed by atoms with Gasteiger partial charge in [0.05, 0.1) is 0 Å². The first-order valence-corrected chi connectivity index (χ1v) is 6.61. The lowest BCUT2D eigenvalue weighted by Crippen LogP contribution is -2.35. The van der Waals surface area contributed by atoms with E-state index < -0.39 is 0 Å². The van der Waals surface area contributed by atoms with Gasteiger partial charge in [-0.15, -0.1) is 0 Å². The number of nitrogens with two attached hydrogens (primary N) is 1. The maximum absolute atomic E-state index is 5.73. The van der Waals surface area contributed by atoms with Crippen LogP contribution in [0, 0.1) is 5.41 Å². The van der Waals surface area contributed by atoms with Crippen LogP contribution in [-0.2, 0) is 0 Å². The van der Waals surface area contributed by atoms with Gasteiger partial charge in [0.1, 0.15) is 5.52 Å². The zero-order valence-corrected chi connectivity index (χ0v) is 10.7. The maximum Gasteiger partial charge on any atom is 0.295 e. The lowest BCUT2D eigenvalue weighted by molar-refractivity contribution is 0.144. The molecule has 1 saturated carbocycles. The van der Waals surface area contributed by atoms with E-state index in [1.54, 1.807) is 0 Å². The molecular weight excluding hydrogens is 226 g/mol. The minimum Gasteiger partial charge on any atom is -0.424 e. The smallest absolute Gasteiger partial charge is 0.295 e. The van der Waals surface area contributed by atoms with Crippen molar-refractivity contribution >= 4 is 22.8 Å². The Balaban J connectivity index is 1.74. The number of nitrogens with zero attached hydrogens (tertiary/aromatic N) is 1. The van der Waals surface area contributed by atoms with Crippen molar-refractivity contribution in [2.45, 2.75) is 32.6 Å². The summed E-state index contributed by atoms with van der Waals surface area (Å²) in [7, 11) is 0. The van der Waals surface area contributed by atoms with Crippen LogP contribution in [0.15, 0.2) is 22.6 Å². The highest BCUT2D eigenvalue weighted by Gasteiger charge is 2.35. The van der Waals surface area contributed by atoms with E-state index in [9.17, 15) is 0 Å². The number of fused-ring (bicyclic) bond motifs is 1. The van der Waals surface area contributed by atoms with Gasteiger partial charge in [0.25, 0.3) is 6.01 Å². The fraction of sp³-hybridized carbons (Fsp3) is 0.500. The molecule has 1 aliphatic carbocycles. The van der Waals surface area contributed by atoms with Crippen LogP contribution in [0.2, 0.25) is 0 Å². The van der Waals surface area contributed by atoms with Crippen LogP contribution in [0.25, 0.3) is 11.1 Å². The minimum atomic E-state index is 0.458. The molecule has 1 aromatic carbocycles. The summed E-state index contributed by atoms with van der Waals surface area (Å²) >= 11 is 0. The molecule has 1 heterocycles. The molecule has 18 heavy (non-hydrogen) atoms. The highest BCUT2D eigenvalue weighted by Crippen LogP contribution is 2.43. The first-order chi connectivity index (χ1) is 8.71. The predicted octanol–water partition coefficient (Wildman–Crippen LogP) is 3.40. The summed E-state index contributed by atoms with van der Waals surface area (Å²) in [4.78, 5) is 4.41. The quantitative estimate of drug-likeness (QED) is 0.810. The van der Waals surface area contributed by atoms with Crippen molar-refractivity contribution < 1.29 is 4.42 Å². The van der Waals surface area contributed by atoms with Crippen molar-refractivity contribution in [3.05, 3.63) is 18.2 Å². The van der Waals surface area contributed by atoms with Crippen molar-refractivity contribution in [3.8, 4) is 0 Å². The predicted molar refractivity (Wildman–Crippen MR) is 73.5 cm³/mol. The number of benzene rings is 1. The lowest BCUT2D eigenvalue weighted by atomic mass is 9.67. The Hall–Kier alpha value is -1.71. The molecule has 96 valence electrons. The van der Waals surface area contributed by atoms with Crippen LogP contribution >= 0.6 is 0 Å². The molecule has 4 heteroatoms. The molecule has 0 saturated heterocycles. The summed E-state index contributed by atoms with van der Waals surface area (Å²) in [6.45, 7) is 3.21. The standard InChI is InChI=1S/C14H19N3O/c1-2-14(6-3-7-14)9-16-13-17-11-8-10(15)4-5-12(11)18-13/h4-5,8H,2-3,6-7,9,15H2,1H3,(H,16,17). The second-order valence-corrected chi connectivity index (χ2v) is 5.31. The van der Waals surface area contributed by atoms with E-state index in [0.717, 1.165) is 17.6 Å². The Morgan fingerprint density at radius 2 is 2.28 bits per heavy atom. The highest BCUT2D eigenvalue weighted by atomic mass is 16.4. The average molecular weight is 245 g/mol. The summed E-state index contributed by atoms with van der Waals surface area (Å²) < 4.78 is 5.65. The van der Waals surface area contributed by atoms with Gasteiger partial charge in [-0.2, -0.15) is 4.98 Å². The van der Waals surface area contributed by atoms with E-state index >= 15 is 0 Å². The number of hydrogen-bond donors (Lipinski definition) is 2. The van der Waals surface area contributed by atoms with E-state index in [2.05, 4.69) is 17.2 Å². The molecule has 0 amide bonds. The first-order valence-electron chi connectivity index (χ1n) is 6.61. The van der Waals surface area contributed by atoms with Crippen molar-refractivity contribution in [1.29, 1.82) is 0 Å². The van der Waals surface area contributed by atoms with Crippen molar-refractivity contribution in [2.24, 2.45) is 5.41 Å². The molecule has 0 atom stereocenters. The third-order valence-corrected chi connectivity index (χ3v) is 4.19. The van der Waals surface area contributed by atoms with Gasteiger partial charge in [-0.3, -0.25) is 0 Å². The number of rotatable bonds is 4. The van der Waals surface area contributed by atoms with Crippen LogP contribution in [0.4, 0.5) is 11.7 Å². The summed E-state index contributed by atoms with van der Waals surface area (Å²) in [6.07, 6.45) is 5.18. The van der Waals surface area contributed by atoms with Gasteiger partial charge in [-0.25, -0.2) is 0 Å². The van der Waals surface area contributed by atoms with E-state index in [-0.39, 0.29) is 0 Å². The first kappa shape index (κ1) is 11.4. The molecule has 0 spiro atoms. The van der Waals surface area contributed by atoms with Crippen LogP contribution in [0.5, 0.6) is 0 Å². The second-order valence-electron chi connectivity index (χ2n) is 5.31.